The molecule has 0 saturated carbocycles. The van der Waals surface area contributed by atoms with Gasteiger partial charge in [-0.3, -0.25) is 0 Å². The Morgan fingerprint density at radius 2 is 2.00 bits per heavy atom. The van der Waals surface area contributed by atoms with Crippen LogP contribution in [0.4, 0.5) is 14.5 Å². The van der Waals surface area contributed by atoms with Crippen molar-refractivity contribution in [3.05, 3.63) is 41.0 Å². The van der Waals surface area contributed by atoms with Crippen molar-refractivity contribution in [1.82, 2.24) is 14.8 Å². The van der Waals surface area contributed by atoms with Gasteiger partial charge in [-0.1, -0.05) is 0 Å². The summed E-state index contributed by atoms with van der Waals surface area (Å²) in [7, 11) is 1.71. The van der Waals surface area contributed by atoms with Crippen LogP contribution in [-0.4, -0.2) is 20.7 Å². The lowest BCUT2D eigenvalue weighted by atomic mass is 10.1. The van der Waals surface area contributed by atoms with Gasteiger partial charge in [0.15, 0.2) is 24.1 Å². The Bertz CT molecular complexity index is 670. The normalized spacial score (nSPS) is 10.6. The van der Waals surface area contributed by atoms with Crippen molar-refractivity contribution in [2.24, 2.45) is 7.05 Å². The predicted molar refractivity (Wildman–Crippen MR) is 65.6 cm³/mol. The van der Waals surface area contributed by atoms with Gasteiger partial charge in [0.2, 0.25) is 0 Å². The highest BCUT2D eigenvalue weighted by molar-refractivity contribution is 5.95. The number of nitrogens with two attached hydrogens (primary N) is 1. The van der Waals surface area contributed by atoms with E-state index in [0.29, 0.717) is 17.7 Å². The summed E-state index contributed by atoms with van der Waals surface area (Å²) in [5.41, 5.74) is 5.03. The maximum atomic E-state index is 13.1. The molecule has 0 atom stereocenters. The first kappa shape index (κ1) is 13.9. The fourth-order valence-electron chi connectivity index (χ4n) is 1.52. The summed E-state index contributed by atoms with van der Waals surface area (Å²) in [6, 6.07) is 1.44. The maximum Gasteiger partial charge on any atom is 0.340 e. The number of esters is 1. The van der Waals surface area contributed by atoms with Gasteiger partial charge in [0, 0.05) is 18.8 Å². The maximum absolute atomic E-state index is 13.1. The molecule has 1 aromatic heterocycles. The Kier molecular flexibility index (Phi) is 3.64. The van der Waals surface area contributed by atoms with Gasteiger partial charge < -0.3 is 15.0 Å². The van der Waals surface area contributed by atoms with Crippen molar-refractivity contribution in [3.8, 4) is 0 Å². The van der Waals surface area contributed by atoms with E-state index in [-0.39, 0.29) is 17.9 Å². The van der Waals surface area contributed by atoms with Crippen molar-refractivity contribution in [2.75, 3.05) is 5.73 Å². The van der Waals surface area contributed by atoms with Gasteiger partial charge >= 0.3 is 5.97 Å². The molecule has 106 valence electrons. The van der Waals surface area contributed by atoms with Crippen molar-refractivity contribution in [2.45, 2.75) is 13.5 Å². The summed E-state index contributed by atoms with van der Waals surface area (Å²) in [5, 5.41) is 7.60. The van der Waals surface area contributed by atoms with Crippen LogP contribution in [-0.2, 0) is 18.4 Å². The molecule has 1 heterocycles. The van der Waals surface area contributed by atoms with Gasteiger partial charge in [0.05, 0.1) is 5.56 Å². The number of carbonyl (C=O) groups excluding carboxylic acids is 1. The quantitative estimate of drug-likeness (QED) is 0.678. The van der Waals surface area contributed by atoms with Gasteiger partial charge in [-0.25, -0.2) is 13.6 Å². The van der Waals surface area contributed by atoms with E-state index in [9.17, 15) is 13.6 Å². The third-order valence-electron chi connectivity index (χ3n) is 2.83. The summed E-state index contributed by atoms with van der Waals surface area (Å²) < 4.78 is 32.6. The molecule has 2 N–H and O–H groups in total. The number of nitrogen functional groups attached to an aromatic ring is 1. The van der Waals surface area contributed by atoms with Gasteiger partial charge in [-0.15, -0.1) is 10.2 Å². The summed E-state index contributed by atoms with van der Waals surface area (Å²) in [5.74, 6) is -2.06. The van der Waals surface area contributed by atoms with E-state index in [4.69, 9.17) is 10.5 Å². The van der Waals surface area contributed by atoms with Crippen LogP contribution < -0.4 is 5.73 Å². The van der Waals surface area contributed by atoms with Crippen molar-refractivity contribution in [1.29, 1.82) is 0 Å². The highest BCUT2D eigenvalue weighted by Crippen LogP contribution is 2.18. The minimum Gasteiger partial charge on any atom is -0.454 e. The Morgan fingerprint density at radius 3 is 2.60 bits per heavy atom. The lowest BCUT2D eigenvalue weighted by Crippen LogP contribution is -2.11. The molecule has 0 fully saturated rings. The number of halogens is 2. The molecule has 6 nitrogen and oxygen atoms in total. The zero-order valence-corrected chi connectivity index (χ0v) is 10.9. The van der Waals surface area contributed by atoms with Crippen LogP contribution in [0.15, 0.2) is 12.1 Å². The third-order valence-corrected chi connectivity index (χ3v) is 2.83. The average Bonchev–Trinajstić information content (AvgIpc) is 2.71. The van der Waals surface area contributed by atoms with E-state index in [2.05, 4.69) is 10.2 Å². The molecule has 0 saturated heterocycles. The van der Waals surface area contributed by atoms with Crippen molar-refractivity contribution in [3.63, 3.8) is 0 Å². The van der Waals surface area contributed by atoms with Crippen LogP contribution in [0.3, 0.4) is 0 Å². The first-order valence-corrected chi connectivity index (χ1v) is 5.66. The minimum absolute atomic E-state index is 0.144. The average molecular weight is 282 g/mol. The number of aromatic nitrogens is 3. The summed E-state index contributed by atoms with van der Waals surface area (Å²) in [4.78, 5) is 11.8. The van der Waals surface area contributed by atoms with Gasteiger partial charge in [-0.05, 0) is 13.0 Å². The molecule has 0 aliphatic rings. The second-order valence-electron chi connectivity index (χ2n) is 4.15. The Morgan fingerprint density at radius 1 is 1.35 bits per heavy atom. The number of hydrogen-bond donors (Lipinski definition) is 1. The van der Waals surface area contributed by atoms with E-state index >= 15 is 0 Å². The first-order valence-electron chi connectivity index (χ1n) is 5.66. The van der Waals surface area contributed by atoms with E-state index in [0.717, 1.165) is 6.07 Å². The van der Waals surface area contributed by atoms with Crippen LogP contribution in [0.1, 0.15) is 22.0 Å². The second kappa shape index (κ2) is 5.24. The molecule has 8 heteroatoms. The molecule has 0 aliphatic heterocycles. The number of hydrogen-bond acceptors (Lipinski definition) is 5. The van der Waals surface area contributed by atoms with Crippen molar-refractivity contribution < 1.29 is 18.3 Å². The molecule has 0 unspecified atom stereocenters. The number of nitrogens with zero attached hydrogens (tertiary/aromatic N) is 3. The van der Waals surface area contributed by atoms with Crippen LogP contribution in [0.5, 0.6) is 0 Å². The number of ether oxygens (including phenoxy) is 1. The molecular weight excluding hydrogens is 270 g/mol. The van der Waals surface area contributed by atoms with Crippen LogP contribution in [0.25, 0.3) is 0 Å². The zero-order chi connectivity index (χ0) is 14.9. The van der Waals surface area contributed by atoms with Gasteiger partial charge in [-0.2, -0.15) is 0 Å². The minimum atomic E-state index is -1.17. The number of benzene rings is 1. The molecule has 20 heavy (non-hydrogen) atoms. The zero-order valence-electron chi connectivity index (χ0n) is 10.9. The van der Waals surface area contributed by atoms with E-state index in [1.807, 2.05) is 0 Å². The number of aryl methyl sites for hydroxylation is 1. The summed E-state index contributed by atoms with van der Waals surface area (Å²) in [6.45, 7) is 1.60. The highest BCUT2D eigenvalue weighted by Gasteiger charge is 2.17. The standard InChI is InChI=1S/C12H12F2N4O2/c1-6-16-17-11(18(6)2)5-20-12(19)7-3-8(13)9(14)4-10(7)15/h3-4H,5,15H2,1-2H3. The topological polar surface area (TPSA) is 83.0 Å². The smallest absolute Gasteiger partial charge is 0.340 e. The fourth-order valence-corrected chi connectivity index (χ4v) is 1.52. The molecule has 0 spiro atoms. The largest absolute Gasteiger partial charge is 0.454 e. The van der Waals surface area contributed by atoms with E-state index in [1.165, 1.54) is 0 Å². The lowest BCUT2D eigenvalue weighted by Gasteiger charge is -2.07. The Labute approximate surface area is 113 Å². The van der Waals surface area contributed by atoms with Crippen molar-refractivity contribution >= 4 is 11.7 Å². The molecule has 2 aromatic rings. The molecule has 1 aromatic carbocycles. The van der Waals surface area contributed by atoms with Crippen LogP contribution >= 0.6 is 0 Å². The van der Waals surface area contributed by atoms with Crippen LogP contribution in [0, 0.1) is 18.6 Å². The number of carbonyl (C=O) groups is 1. The lowest BCUT2D eigenvalue weighted by molar-refractivity contribution is 0.0459. The first-order chi connectivity index (χ1) is 9.40. The van der Waals surface area contributed by atoms with E-state index < -0.39 is 17.6 Å². The Hall–Kier alpha value is -2.51. The monoisotopic (exact) mass is 282 g/mol. The van der Waals surface area contributed by atoms with Gasteiger partial charge in [0.25, 0.3) is 0 Å². The highest BCUT2D eigenvalue weighted by atomic mass is 19.2. The summed E-state index contributed by atoms with van der Waals surface area (Å²) in [6.07, 6.45) is 0. The molecule has 2 rings (SSSR count). The molecule has 0 bridgehead atoms. The van der Waals surface area contributed by atoms with Crippen LogP contribution in [0.2, 0.25) is 0 Å². The molecule has 0 amide bonds. The third kappa shape index (κ3) is 2.58. The Balaban J connectivity index is 2.13. The molecular formula is C12H12F2N4O2. The predicted octanol–water partition coefficient (Wildman–Crippen LogP) is 1.34. The second-order valence-corrected chi connectivity index (χ2v) is 4.15. The molecule has 0 radical (unpaired) electrons. The SMILES string of the molecule is Cc1nnc(COC(=O)c2cc(F)c(F)cc2N)n1C. The number of rotatable bonds is 3. The molecule has 0 aliphatic carbocycles. The number of anilines is 1. The van der Waals surface area contributed by atoms with E-state index in [1.54, 1.807) is 18.5 Å². The summed E-state index contributed by atoms with van der Waals surface area (Å²) >= 11 is 0. The van der Waals surface area contributed by atoms with Gasteiger partial charge in [0.1, 0.15) is 5.82 Å². The fraction of sp³-hybridized carbons (Fsp3) is 0.250.